The van der Waals surface area contributed by atoms with Gasteiger partial charge < -0.3 is 10.1 Å². The minimum absolute atomic E-state index is 0.0984. The summed E-state index contributed by atoms with van der Waals surface area (Å²) in [5, 5.41) is 25.3. The van der Waals surface area contributed by atoms with Crippen molar-refractivity contribution in [1.29, 1.82) is 0 Å². The van der Waals surface area contributed by atoms with Crippen molar-refractivity contribution in [3.05, 3.63) is 56.6 Å². The molecular formula is C27H37N3O7. The number of allylic oxidation sites excluding steroid dienone is 1. The summed E-state index contributed by atoms with van der Waals surface area (Å²) in [5.41, 5.74) is -1.23. The molecular weight excluding hydrogens is 478 g/mol. The topological polar surface area (TPSA) is 142 Å². The standard InChI is InChI=1S/C27H37N3O7/c1-2-3-4-5-6-7-8-9-10-15-37-27(32)24-19-11-13-20(14-12-19)25(24)28-26(31)21-16-22(29(33)34)18-23(17-21)30(35)36/h2,16-20,24-25H,1,3-15H2,(H,28,31). The number of rotatable bonds is 15. The molecule has 37 heavy (non-hydrogen) atoms. The molecule has 2 bridgehead atoms. The van der Waals surface area contributed by atoms with Gasteiger partial charge in [-0.1, -0.05) is 38.2 Å². The number of nitro benzene ring substituents is 2. The SMILES string of the molecule is C=CCCCCCCCCCOC(=O)C1C2CCC(CC2)C1NC(=O)c1cc([N+](=O)[O-])cc([N+](=O)[O-])c1. The Balaban J connectivity index is 1.56. The van der Waals surface area contributed by atoms with Crippen LogP contribution in [0, 0.1) is 38.0 Å². The van der Waals surface area contributed by atoms with Crippen LogP contribution in [0.4, 0.5) is 11.4 Å². The zero-order chi connectivity index (χ0) is 26.8. The Morgan fingerprint density at radius 2 is 1.43 bits per heavy atom. The number of amides is 1. The number of hydrogen-bond acceptors (Lipinski definition) is 7. The first-order valence-corrected chi connectivity index (χ1v) is 13.3. The highest BCUT2D eigenvalue weighted by atomic mass is 16.6. The van der Waals surface area contributed by atoms with Gasteiger partial charge in [-0.15, -0.1) is 6.58 Å². The molecule has 0 aliphatic heterocycles. The Morgan fingerprint density at radius 1 is 0.892 bits per heavy atom. The van der Waals surface area contributed by atoms with Gasteiger partial charge in [0.25, 0.3) is 17.3 Å². The summed E-state index contributed by atoms with van der Waals surface area (Å²) in [6.07, 6.45) is 14.2. The fourth-order valence-electron chi connectivity index (χ4n) is 5.71. The second-order valence-corrected chi connectivity index (χ2v) is 10.2. The lowest BCUT2D eigenvalue weighted by Gasteiger charge is -2.47. The lowest BCUT2D eigenvalue weighted by Crippen LogP contribution is -2.56. The van der Waals surface area contributed by atoms with Gasteiger partial charge >= 0.3 is 5.97 Å². The third-order valence-corrected chi connectivity index (χ3v) is 7.67. The molecule has 0 spiro atoms. The molecule has 202 valence electrons. The van der Waals surface area contributed by atoms with E-state index in [1.807, 2.05) is 6.08 Å². The highest BCUT2D eigenvalue weighted by Gasteiger charge is 2.48. The summed E-state index contributed by atoms with van der Waals surface area (Å²) in [5.74, 6) is -1.24. The fraction of sp³-hybridized carbons (Fsp3) is 0.630. The number of nitro groups is 2. The van der Waals surface area contributed by atoms with E-state index >= 15 is 0 Å². The van der Waals surface area contributed by atoms with E-state index in [1.165, 1.54) is 25.7 Å². The van der Waals surface area contributed by atoms with Gasteiger partial charge in [0.15, 0.2) is 0 Å². The van der Waals surface area contributed by atoms with Crippen LogP contribution in [-0.4, -0.2) is 34.4 Å². The van der Waals surface area contributed by atoms with Crippen LogP contribution in [0.2, 0.25) is 0 Å². The zero-order valence-corrected chi connectivity index (χ0v) is 21.3. The second kappa shape index (κ2) is 13.9. The molecule has 2 atom stereocenters. The molecule has 1 N–H and O–H groups in total. The van der Waals surface area contributed by atoms with Crippen molar-refractivity contribution in [2.24, 2.45) is 17.8 Å². The largest absolute Gasteiger partial charge is 0.465 e. The van der Waals surface area contributed by atoms with Crippen LogP contribution < -0.4 is 5.32 Å². The summed E-state index contributed by atoms with van der Waals surface area (Å²) in [6, 6.07) is 2.41. The maximum absolute atomic E-state index is 13.1. The average Bonchev–Trinajstić information content (AvgIpc) is 2.89. The van der Waals surface area contributed by atoms with E-state index < -0.39 is 39.1 Å². The van der Waals surface area contributed by atoms with Gasteiger partial charge in [0.2, 0.25) is 0 Å². The lowest BCUT2D eigenvalue weighted by molar-refractivity contribution is -0.394. The summed E-state index contributed by atoms with van der Waals surface area (Å²) in [7, 11) is 0. The average molecular weight is 516 g/mol. The summed E-state index contributed by atoms with van der Waals surface area (Å²) in [6.45, 7) is 4.08. The van der Waals surface area contributed by atoms with E-state index in [0.717, 1.165) is 69.6 Å². The second-order valence-electron chi connectivity index (χ2n) is 10.2. The van der Waals surface area contributed by atoms with Gasteiger partial charge in [-0.2, -0.15) is 0 Å². The van der Waals surface area contributed by atoms with E-state index in [2.05, 4.69) is 11.9 Å². The fourth-order valence-corrected chi connectivity index (χ4v) is 5.71. The highest BCUT2D eigenvalue weighted by Crippen LogP contribution is 2.46. The first-order chi connectivity index (χ1) is 17.8. The number of carbonyl (C=O) groups is 2. The zero-order valence-electron chi connectivity index (χ0n) is 21.3. The van der Waals surface area contributed by atoms with Crippen LogP contribution >= 0.6 is 0 Å². The van der Waals surface area contributed by atoms with Gasteiger partial charge in [0, 0.05) is 18.2 Å². The monoisotopic (exact) mass is 515 g/mol. The molecule has 0 saturated heterocycles. The van der Waals surface area contributed by atoms with Crippen molar-refractivity contribution in [3.63, 3.8) is 0 Å². The number of hydrogen-bond donors (Lipinski definition) is 1. The summed E-state index contributed by atoms with van der Waals surface area (Å²) < 4.78 is 5.63. The van der Waals surface area contributed by atoms with Crippen LogP contribution in [-0.2, 0) is 9.53 Å². The van der Waals surface area contributed by atoms with Gasteiger partial charge in [-0.25, -0.2) is 0 Å². The van der Waals surface area contributed by atoms with Crippen LogP contribution in [0.25, 0.3) is 0 Å². The molecule has 3 fully saturated rings. The minimum atomic E-state index is -0.768. The van der Waals surface area contributed by atoms with Crippen molar-refractivity contribution < 1.29 is 24.2 Å². The maximum atomic E-state index is 13.1. The first kappa shape index (κ1) is 28.3. The predicted octanol–water partition coefficient (Wildman–Crippen LogP) is 5.89. The Morgan fingerprint density at radius 3 is 2.00 bits per heavy atom. The molecule has 0 radical (unpaired) electrons. The van der Waals surface area contributed by atoms with Crippen LogP contribution in [0.1, 0.15) is 87.4 Å². The quantitative estimate of drug-likeness (QED) is 0.101. The molecule has 1 amide bonds. The van der Waals surface area contributed by atoms with E-state index in [9.17, 15) is 29.8 Å². The molecule has 1 aromatic carbocycles. The maximum Gasteiger partial charge on any atom is 0.311 e. The van der Waals surface area contributed by atoms with E-state index in [0.29, 0.717) is 6.61 Å². The van der Waals surface area contributed by atoms with Crippen LogP contribution in [0.15, 0.2) is 30.9 Å². The van der Waals surface area contributed by atoms with Crippen molar-refractivity contribution in [2.45, 2.75) is 83.1 Å². The molecule has 10 heteroatoms. The molecule has 3 aliphatic rings. The molecule has 4 rings (SSSR count). The number of unbranched alkanes of at least 4 members (excludes halogenated alkanes) is 7. The Hall–Kier alpha value is -3.30. The highest BCUT2D eigenvalue weighted by molar-refractivity contribution is 5.96. The predicted molar refractivity (Wildman–Crippen MR) is 138 cm³/mol. The number of carbonyl (C=O) groups excluding carboxylic acids is 2. The molecule has 0 heterocycles. The van der Waals surface area contributed by atoms with Crippen molar-refractivity contribution in [2.75, 3.05) is 6.61 Å². The number of ether oxygens (including phenoxy) is 1. The van der Waals surface area contributed by atoms with E-state index in [4.69, 9.17) is 4.74 Å². The van der Waals surface area contributed by atoms with Gasteiger partial charge in [0.1, 0.15) is 0 Å². The third kappa shape index (κ3) is 7.84. The third-order valence-electron chi connectivity index (χ3n) is 7.67. The van der Waals surface area contributed by atoms with Crippen LogP contribution in [0.3, 0.4) is 0 Å². The minimum Gasteiger partial charge on any atom is -0.465 e. The molecule has 2 unspecified atom stereocenters. The molecule has 3 saturated carbocycles. The molecule has 1 aromatic rings. The van der Waals surface area contributed by atoms with Gasteiger partial charge in [-0.3, -0.25) is 29.8 Å². The van der Waals surface area contributed by atoms with Gasteiger partial charge in [0.05, 0.1) is 34.0 Å². The lowest BCUT2D eigenvalue weighted by atomic mass is 9.61. The molecule has 3 aliphatic carbocycles. The van der Waals surface area contributed by atoms with Crippen molar-refractivity contribution in [3.8, 4) is 0 Å². The Kier molecular flexibility index (Phi) is 10.6. The number of non-ortho nitro benzene ring substituents is 2. The normalized spacial score (nSPS) is 22.3. The number of fused-ring (bicyclic) bond motifs is 3. The number of nitrogens with zero attached hydrogens (tertiary/aromatic N) is 2. The van der Waals surface area contributed by atoms with Crippen LogP contribution in [0.5, 0.6) is 0 Å². The summed E-state index contributed by atoms with van der Waals surface area (Å²) in [4.78, 5) is 47.0. The van der Waals surface area contributed by atoms with Crippen molar-refractivity contribution >= 4 is 23.3 Å². The Labute approximate surface area is 217 Å². The molecule has 0 aromatic heterocycles. The number of esters is 1. The van der Waals surface area contributed by atoms with Gasteiger partial charge in [-0.05, 0) is 56.8 Å². The van der Waals surface area contributed by atoms with E-state index in [1.54, 1.807) is 0 Å². The Bertz CT molecular complexity index is 956. The number of nitrogens with one attached hydrogen (secondary N) is 1. The first-order valence-electron chi connectivity index (χ1n) is 13.3. The smallest absolute Gasteiger partial charge is 0.311 e. The van der Waals surface area contributed by atoms with E-state index in [-0.39, 0.29) is 23.4 Å². The van der Waals surface area contributed by atoms with Crippen molar-refractivity contribution in [1.82, 2.24) is 5.32 Å². The molecule has 10 nitrogen and oxygen atoms in total. The summed E-state index contributed by atoms with van der Waals surface area (Å²) >= 11 is 0. The number of benzene rings is 1.